The van der Waals surface area contributed by atoms with Crippen molar-refractivity contribution in [1.29, 1.82) is 0 Å². The molecule has 36 heavy (non-hydrogen) atoms. The third-order valence-corrected chi connectivity index (χ3v) is 6.12. The van der Waals surface area contributed by atoms with Gasteiger partial charge in [-0.2, -0.15) is 0 Å². The van der Waals surface area contributed by atoms with Crippen molar-refractivity contribution in [3.8, 4) is 17.0 Å². The Bertz CT molecular complexity index is 1340. The fraction of sp³-hybridized carbons (Fsp3) is 0.214. The van der Waals surface area contributed by atoms with E-state index in [1.54, 1.807) is 7.11 Å². The van der Waals surface area contributed by atoms with Crippen molar-refractivity contribution in [2.45, 2.75) is 6.92 Å². The maximum atomic E-state index is 13.0. The van der Waals surface area contributed by atoms with Crippen molar-refractivity contribution in [3.05, 3.63) is 78.4 Å². The molecule has 0 aliphatic carbocycles. The number of pyridine rings is 1. The lowest BCUT2D eigenvalue weighted by atomic mass is 10.1. The van der Waals surface area contributed by atoms with E-state index in [-0.39, 0.29) is 6.03 Å². The van der Waals surface area contributed by atoms with Crippen molar-refractivity contribution in [2.75, 3.05) is 47.5 Å². The Morgan fingerprint density at radius 3 is 2.39 bits per heavy atom. The van der Waals surface area contributed by atoms with Crippen molar-refractivity contribution in [1.82, 2.24) is 4.98 Å². The lowest BCUT2D eigenvalue weighted by Gasteiger charge is -2.23. The van der Waals surface area contributed by atoms with Gasteiger partial charge in [0.2, 0.25) is 0 Å². The third-order valence-electron chi connectivity index (χ3n) is 5.78. The van der Waals surface area contributed by atoms with Gasteiger partial charge in [0.1, 0.15) is 5.75 Å². The molecule has 186 valence electrons. The van der Waals surface area contributed by atoms with Crippen LogP contribution in [0.3, 0.4) is 0 Å². The number of anilines is 3. The van der Waals surface area contributed by atoms with E-state index in [0.717, 1.165) is 39.2 Å². The summed E-state index contributed by atoms with van der Waals surface area (Å²) < 4.78 is 5.37. The summed E-state index contributed by atoms with van der Waals surface area (Å²) in [5.41, 5.74) is 5.86. The number of nitrogens with one attached hydrogen (secondary N) is 2. The van der Waals surface area contributed by atoms with E-state index in [1.807, 2.05) is 79.7 Å². The van der Waals surface area contributed by atoms with Crippen LogP contribution in [-0.2, 0) is 0 Å². The Balaban J connectivity index is 1.58. The van der Waals surface area contributed by atoms with E-state index in [9.17, 15) is 4.79 Å². The number of alkyl halides is 2. The van der Waals surface area contributed by atoms with E-state index in [1.165, 1.54) is 0 Å². The van der Waals surface area contributed by atoms with Crippen LogP contribution in [0.5, 0.6) is 5.75 Å². The largest absolute Gasteiger partial charge is 0.497 e. The fourth-order valence-corrected chi connectivity index (χ4v) is 4.40. The number of amides is 2. The lowest BCUT2D eigenvalue weighted by Crippen LogP contribution is -2.27. The number of nitrogens with zero attached hydrogens (tertiary/aromatic N) is 2. The summed E-state index contributed by atoms with van der Waals surface area (Å²) in [4.78, 5) is 19.9. The van der Waals surface area contributed by atoms with Crippen molar-refractivity contribution in [3.63, 3.8) is 0 Å². The first-order chi connectivity index (χ1) is 17.5. The van der Waals surface area contributed by atoms with E-state index in [4.69, 9.17) is 32.9 Å². The number of benzene rings is 3. The van der Waals surface area contributed by atoms with Crippen LogP contribution in [-0.4, -0.2) is 43.0 Å². The van der Waals surface area contributed by atoms with Gasteiger partial charge in [-0.1, -0.05) is 23.8 Å². The second-order valence-corrected chi connectivity index (χ2v) is 9.05. The zero-order valence-corrected chi connectivity index (χ0v) is 21.7. The van der Waals surface area contributed by atoms with Gasteiger partial charge >= 0.3 is 6.03 Å². The van der Waals surface area contributed by atoms with E-state index in [2.05, 4.69) is 15.5 Å². The molecule has 1 aromatic heterocycles. The smallest absolute Gasteiger partial charge is 0.323 e. The van der Waals surface area contributed by atoms with Crippen LogP contribution in [0.15, 0.2) is 72.8 Å². The second-order valence-electron chi connectivity index (χ2n) is 8.30. The van der Waals surface area contributed by atoms with Crippen molar-refractivity contribution < 1.29 is 9.53 Å². The maximum Gasteiger partial charge on any atom is 0.323 e. The summed E-state index contributed by atoms with van der Waals surface area (Å²) in [5.74, 6) is 1.76. The molecule has 2 N–H and O–H groups in total. The predicted octanol–water partition coefficient (Wildman–Crippen LogP) is 7.15. The standard InChI is InChI=1S/C28H28Cl2N4O2/c1-19-6-11-25-24(16-19)27(18-26(32-25)20-4-3-5-23(17-20)36-2)33-28(35)31-21-7-9-22(10-8-21)34(14-12-29)15-13-30/h3-11,16-18H,12-15H2,1-2H3,(H2,31,32,33,35). The minimum atomic E-state index is -0.341. The predicted molar refractivity (Wildman–Crippen MR) is 151 cm³/mol. The van der Waals surface area contributed by atoms with Crippen LogP contribution in [0, 0.1) is 6.92 Å². The molecule has 0 aliphatic rings. The Morgan fingerprint density at radius 1 is 0.944 bits per heavy atom. The molecule has 0 atom stereocenters. The van der Waals surface area contributed by atoms with E-state index < -0.39 is 0 Å². The number of carbonyl (C=O) groups is 1. The van der Waals surface area contributed by atoms with Gasteiger partial charge in [0.05, 0.1) is 24.0 Å². The van der Waals surface area contributed by atoms with Gasteiger partial charge in [-0.15, -0.1) is 23.2 Å². The highest BCUT2D eigenvalue weighted by Gasteiger charge is 2.12. The number of fused-ring (bicyclic) bond motifs is 1. The summed E-state index contributed by atoms with van der Waals surface area (Å²) in [6.45, 7) is 3.41. The van der Waals surface area contributed by atoms with Gasteiger partial charge in [0.15, 0.2) is 0 Å². The summed E-state index contributed by atoms with van der Waals surface area (Å²) in [6.07, 6.45) is 0. The first kappa shape index (κ1) is 25.6. The quantitative estimate of drug-likeness (QED) is 0.229. The van der Waals surface area contributed by atoms with Gasteiger partial charge in [-0.3, -0.25) is 0 Å². The molecule has 6 nitrogen and oxygen atoms in total. The number of rotatable bonds is 9. The third kappa shape index (κ3) is 6.20. The monoisotopic (exact) mass is 522 g/mol. The van der Waals surface area contributed by atoms with Gasteiger partial charge in [0.25, 0.3) is 0 Å². The van der Waals surface area contributed by atoms with Gasteiger partial charge in [-0.25, -0.2) is 9.78 Å². The molecule has 0 spiro atoms. The number of aromatic nitrogens is 1. The van der Waals surface area contributed by atoms with Crippen LogP contribution < -0.4 is 20.3 Å². The fourth-order valence-electron chi connectivity index (χ4n) is 3.99. The van der Waals surface area contributed by atoms with Crippen LogP contribution in [0.4, 0.5) is 21.9 Å². The molecule has 4 rings (SSSR count). The highest BCUT2D eigenvalue weighted by atomic mass is 35.5. The number of carbonyl (C=O) groups excluding carboxylic acids is 1. The molecule has 0 bridgehead atoms. The first-order valence-electron chi connectivity index (χ1n) is 11.6. The number of halogens is 2. The van der Waals surface area contributed by atoms with Crippen LogP contribution in [0.25, 0.3) is 22.2 Å². The molecule has 2 amide bonds. The zero-order chi connectivity index (χ0) is 25.5. The van der Waals surface area contributed by atoms with Crippen LogP contribution in [0.2, 0.25) is 0 Å². The molecule has 0 unspecified atom stereocenters. The molecule has 3 aromatic carbocycles. The van der Waals surface area contributed by atoms with Crippen LogP contribution >= 0.6 is 23.2 Å². The molecule has 1 heterocycles. The van der Waals surface area contributed by atoms with Gasteiger partial charge < -0.3 is 20.3 Å². The Kier molecular flexibility index (Phi) is 8.52. The number of hydrogen-bond acceptors (Lipinski definition) is 4. The highest BCUT2D eigenvalue weighted by molar-refractivity contribution is 6.18. The summed E-state index contributed by atoms with van der Waals surface area (Å²) in [6, 6.07) is 22.8. The Hall–Kier alpha value is -3.48. The molecular weight excluding hydrogens is 495 g/mol. The molecule has 0 fully saturated rings. The average Bonchev–Trinajstić information content (AvgIpc) is 2.89. The second kappa shape index (κ2) is 12.0. The highest BCUT2D eigenvalue weighted by Crippen LogP contribution is 2.31. The SMILES string of the molecule is COc1cccc(-c2cc(NC(=O)Nc3ccc(N(CCCl)CCCl)cc3)c3cc(C)ccc3n2)c1. The minimum absolute atomic E-state index is 0.341. The maximum absolute atomic E-state index is 13.0. The molecule has 0 saturated heterocycles. The lowest BCUT2D eigenvalue weighted by molar-refractivity contribution is 0.262. The average molecular weight is 523 g/mol. The molecule has 0 saturated carbocycles. The number of hydrogen-bond donors (Lipinski definition) is 2. The summed E-state index contributed by atoms with van der Waals surface area (Å²) in [7, 11) is 1.63. The zero-order valence-electron chi connectivity index (χ0n) is 20.2. The van der Waals surface area contributed by atoms with E-state index >= 15 is 0 Å². The van der Waals surface area contributed by atoms with Crippen molar-refractivity contribution >= 4 is 57.2 Å². The molecule has 4 aromatic rings. The molecule has 8 heteroatoms. The summed E-state index contributed by atoms with van der Waals surface area (Å²) in [5, 5.41) is 6.79. The van der Waals surface area contributed by atoms with Gasteiger partial charge in [-0.05, 0) is 61.5 Å². The van der Waals surface area contributed by atoms with E-state index in [0.29, 0.717) is 36.2 Å². The minimum Gasteiger partial charge on any atom is -0.497 e. The van der Waals surface area contributed by atoms with Crippen LogP contribution in [0.1, 0.15) is 5.56 Å². The number of ether oxygens (including phenoxy) is 1. The number of urea groups is 1. The molecular formula is C28H28Cl2N4O2. The molecule has 0 aliphatic heterocycles. The number of aryl methyl sites for hydroxylation is 1. The summed E-state index contributed by atoms with van der Waals surface area (Å²) >= 11 is 11.8. The van der Waals surface area contributed by atoms with Crippen molar-refractivity contribution in [2.24, 2.45) is 0 Å². The first-order valence-corrected chi connectivity index (χ1v) is 12.7. The topological polar surface area (TPSA) is 66.5 Å². The number of methoxy groups -OCH3 is 1. The molecule has 0 radical (unpaired) electrons. The Labute approximate surface area is 221 Å². The normalized spacial score (nSPS) is 10.8. The Morgan fingerprint density at radius 2 is 1.69 bits per heavy atom. The van der Waals surface area contributed by atoms with Gasteiger partial charge in [0, 0.05) is 47.2 Å².